The van der Waals surface area contributed by atoms with Gasteiger partial charge in [0.05, 0.1) is 20.8 Å². The molecule has 0 N–H and O–H groups in total. The summed E-state index contributed by atoms with van der Waals surface area (Å²) in [6.45, 7) is 0. The average molecular weight is 416 g/mol. The highest BCUT2D eigenvalue weighted by Crippen LogP contribution is 2.35. The molecule has 0 saturated heterocycles. The summed E-state index contributed by atoms with van der Waals surface area (Å²) in [5, 5.41) is 9.45. The van der Waals surface area contributed by atoms with E-state index in [9.17, 15) is 5.26 Å². The lowest BCUT2D eigenvalue weighted by molar-refractivity contribution is 1.12. The van der Waals surface area contributed by atoms with Crippen molar-refractivity contribution in [1.82, 2.24) is 4.98 Å². The monoisotopic (exact) mass is 415 g/mol. The summed E-state index contributed by atoms with van der Waals surface area (Å²) in [5.74, 6) is 0. The van der Waals surface area contributed by atoms with Crippen molar-refractivity contribution in [2.75, 3.05) is 19.0 Å². The average Bonchev–Trinajstić information content (AvgIpc) is 2.96. The van der Waals surface area contributed by atoms with E-state index in [1.54, 1.807) is 11.3 Å². The Labute approximate surface area is 157 Å². The van der Waals surface area contributed by atoms with Gasteiger partial charge in [-0.1, -0.05) is 18.2 Å². The number of benzene rings is 2. The number of para-hydroxylation sites is 1. The first-order valence-electron chi connectivity index (χ1n) is 7.19. The largest absolute Gasteiger partial charge is 0.377 e. The maximum atomic E-state index is 9.45. The van der Waals surface area contributed by atoms with Crippen LogP contribution in [-0.2, 0) is 0 Å². The number of nitrogens with zero attached hydrogens (tertiary/aromatic N) is 3. The van der Waals surface area contributed by atoms with Crippen molar-refractivity contribution in [1.29, 1.82) is 5.26 Å². The molecule has 0 atom stereocenters. The minimum absolute atomic E-state index is 0.624. The van der Waals surface area contributed by atoms with Gasteiger partial charge >= 0.3 is 0 Å². The third-order valence-corrected chi connectivity index (χ3v) is 5.99. The van der Waals surface area contributed by atoms with Crippen molar-refractivity contribution >= 4 is 61.0 Å². The number of hydrogen-bond donors (Lipinski definition) is 0. The lowest BCUT2D eigenvalue weighted by Crippen LogP contribution is -2.09. The van der Waals surface area contributed by atoms with Gasteiger partial charge < -0.3 is 4.90 Å². The van der Waals surface area contributed by atoms with E-state index in [1.165, 1.54) is 11.8 Å². The van der Waals surface area contributed by atoms with E-state index in [2.05, 4.69) is 27.0 Å². The zero-order valence-electron chi connectivity index (χ0n) is 13.2. The molecule has 1 aromatic heterocycles. The number of aromatic nitrogens is 1. The molecule has 3 aromatic rings. The minimum atomic E-state index is 0.624. The highest BCUT2D eigenvalue weighted by atomic mass is 79.9. The van der Waals surface area contributed by atoms with Crippen LogP contribution >= 0.6 is 39.0 Å². The summed E-state index contributed by atoms with van der Waals surface area (Å²) in [7, 11) is 4.00. The Bertz CT molecular complexity index is 921. The second-order valence-corrected chi connectivity index (χ2v) is 8.45. The van der Waals surface area contributed by atoms with Gasteiger partial charge in [0.25, 0.3) is 0 Å². The van der Waals surface area contributed by atoms with E-state index in [-0.39, 0.29) is 0 Å². The molecule has 0 spiro atoms. The molecule has 1 heterocycles. The molecular formula is C18H14BrN3S2. The molecule has 3 nitrogen and oxygen atoms in total. The number of nitriles is 1. The van der Waals surface area contributed by atoms with Gasteiger partial charge in [-0.25, -0.2) is 4.98 Å². The zero-order chi connectivity index (χ0) is 17.1. The predicted octanol–water partition coefficient (Wildman–Crippen LogP) is 5.78. The highest BCUT2D eigenvalue weighted by molar-refractivity contribution is 9.10. The van der Waals surface area contributed by atoms with Gasteiger partial charge in [-0.05, 0) is 63.6 Å². The number of anilines is 1. The van der Waals surface area contributed by atoms with E-state index in [0.29, 0.717) is 4.91 Å². The smallest absolute Gasteiger partial charge is 0.156 e. The number of fused-ring (bicyclic) bond motifs is 1. The maximum absolute atomic E-state index is 9.45. The van der Waals surface area contributed by atoms with Crippen LogP contribution in [0.5, 0.6) is 0 Å². The number of hydrogen-bond acceptors (Lipinski definition) is 5. The molecule has 0 amide bonds. The number of halogens is 1. The number of thioether (sulfide) groups is 1. The first-order chi connectivity index (χ1) is 11.6. The number of allylic oxidation sites excluding steroid dienone is 1. The summed E-state index contributed by atoms with van der Waals surface area (Å²) in [6, 6.07) is 16.3. The van der Waals surface area contributed by atoms with Gasteiger partial charge in [0.2, 0.25) is 0 Å². The van der Waals surface area contributed by atoms with Gasteiger partial charge in [0, 0.05) is 18.6 Å². The fourth-order valence-corrected chi connectivity index (χ4v) is 4.93. The molecular weight excluding hydrogens is 402 g/mol. The third-order valence-electron chi connectivity index (χ3n) is 3.33. The Balaban J connectivity index is 1.87. The van der Waals surface area contributed by atoms with Crippen LogP contribution in [0, 0.1) is 11.3 Å². The summed E-state index contributed by atoms with van der Waals surface area (Å²) in [5.41, 5.74) is 3.06. The summed E-state index contributed by atoms with van der Waals surface area (Å²) in [4.78, 5) is 7.23. The van der Waals surface area contributed by atoms with Crippen LogP contribution in [0.15, 0.2) is 56.2 Å². The second-order valence-electron chi connectivity index (χ2n) is 5.28. The molecule has 120 valence electrons. The van der Waals surface area contributed by atoms with Gasteiger partial charge in [-0.3, -0.25) is 0 Å². The van der Waals surface area contributed by atoms with Crippen molar-refractivity contribution in [2.45, 2.75) is 4.34 Å². The zero-order valence-corrected chi connectivity index (χ0v) is 16.4. The van der Waals surface area contributed by atoms with Crippen molar-refractivity contribution < 1.29 is 0 Å². The quantitative estimate of drug-likeness (QED) is 0.399. The van der Waals surface area contributed by atoms with Gasteiger partial charge in [-0.15, -0.1) is 11.3 Å². The summed E-state index contributed by atoms with van der Waals surface area (Å²) < 4.78 is 3.02. The Hall–Kier alpha value is -1.81. The van der Waals surface area contributed by atoms with E-state index in [4.69, 9.17) is 0 Å². The molecule has 3 rings (SSSR count). The molecule has 24 heavy (non-hydrogen) atoms. The molecule has 0 bridgehead atoms. The number of rotatable bonds is 4. The second kappa shape index (κ2) is 7.39. The first kappa shape index (κ1) is 17.0. The van der Waals surface area contributed by atoms with E-state index < -0.39 is 0 Å². The lowest BCUT2D eigenvalue weighted by atomic mass is 10.2. The molecule has 0 fully saturated rings. The van der Waals surface area contributed by atoms with Gasteiger partial charge in [0.1, 0.15) is 6.07 Å². The fourth-order valence-electron chi connectivity index (χ4n) is 2.20. The molecule has 0 aliphatic heterocycles. The normalized spacial score (nSPS) is 11.5. The number of thiazole rings is 1. The highest BCUT2D eigenvalue weighted by Gasteiger charge is 2.08. The fraction of sp³-hybridized carbons (Fsp3) is 0.111. The molecule has 6 heteroatoms. The first-order valence-corrected chi connectivity index (χ1v) is 9.61. The van der Waals surface area contributed by atoms with E-state index >= 15 is 0 Å². The van der Waals surface area contributed by atoms with Crippen molar-refractivity contribution in [2.24, 2.45) is 0 Å². The van der Waals surface area contributed by atoms with Crippen LogP contribution in [0.25, 0.3) is 16.3 Å². The van der Waals surface area contributed by atoms with Crippen molar-refractivity contribution in [3.63, 3.8) is 0 Å². The third kappa shape index (κ3) is 3.81. The van der Waals surface area contributed by atoms with E-state index in [0.717, 1.165) is 30.3 Å². The lowest BCUT2D eigenvalue weighted by Gasteiger charge is -2.14. The molecule has 0 radical (unpaired) electrons. The van der Waals surface area contributed by atoms with Crippen LogP contribution in [0.1, 0.15) is 5.56 Å². The Kier molecular flexibility index (Phi) is 5.24. The molecule has 0 aliphatic carbocycles. The van der Waals surface area contributed by atoms with Crippen LogP contribution in [0.4, 0.5) is 5.69 Å². The standard InChI is InChI=1S/C18H14BrN3S2/c1-22(2)16-8-7-12(10-14(16)19)9-13(11-20)23-18-21-15-5-3-4-6-17(15)24-18/h3-10H,1-2H3. The minimum Gasteiger partial charge on any atom is -0.377 e. The van der Waals surface area contributed by atoms with Crippen LogP contribution in [0.3, 0.4) is 0 Å². The maximum Gasteiger partial charge on any atom is 0.156 e. The van der Waals surface area contributed by atoms with Crippen molar-refractivity contribution in [3.05, 3.63) is 57.4 Å². The molecule has 2 aromatic carbocycles. The van der Waals surface area contributed by atoms with Crippen LogP contribution in [0.2, 0.25) is 0 Å². The van der Waals surface area contributed by atoms with Crippen molar-refractivity contribution in [3.8, 4) is 6.07 Å². The van der Waals surface area contributed by atoms with Crippen LogP contribution in [-0.4, -0.2) is 19.1 Å². The topological polar surface area (TPSA) is 39.9 Å². The Morgan fingerprint density at radius 3 is 2.75 bits per heavy atom. The van der Waals surface area contributed by atoms with Gasteiger partial charge in [0.15, 0.2) is 4.34 Å². The molecule has 0 saturated carbocycles. The van der Waals surface area contributed by atoms with E-state index in [1.807, 2.05) is 67.5 Å². The summed E-state index contributed by atoms with van der Waals surface area (Å²) in [6.07, 6.45) is 1.89. The van der Waals surface area contributed by atoms with Crippen LogP contribution < -0.4 is 4.90 Å². The molecule has 0 unspecified atom stereocenters. The Morgan fingerprint density at radius 2 is 2.08 bits per heavy atom. The van der Waals surface area contributed by atoms with Gasteiger partial charge in [-0.2, -0.15) is 5.26 Å². The predicted molar refractivity (Wildman–Crippen MR) is 108 cm³/mol. The SMILES string of the molecule is CN(C)c1ccc(C=C(C#N)Sc2nc3ccccc3s2)cc1Br. The Morgan fingerprint density at radius 1 is 1.29 bits per heavy atom. The molecule has 0 aliphatic rings. The summed E-state index contributed by atoms with van der Waals surface area (Å²) >= 11 is 6.59.